The molecule has 0 aliphatic carbocycles. The monoisotopic (exact) mass is 294 g/mol. The number of carbonyl (C=O) groups excluding carboxylic acids is 2. The van der Waals surface area contributed by atoms with E-state index in [9.17, 15) is 14.0 Å². The molecule has 1 rings (SSSR count). The molecule has 2 amide bonds. The number of hydrogen-bond donors (Lipinski definition) is 1. The van der Waals surface area contributed by atoms with Gasteiger partial charge in [0.05, 0.1) is 6.42 Å². The maximum atomic E-state index is 13.4. The van der Waals surface area contributed by atoms with Crippen LogP contribution in [0.15, 0.2) is 24.3 Å². The van der Waals surface area contributed by atoms with Crippen molar-refractivity contribution in [1.29, 1.82) is 0 Å². The minimum absolute atomic E-state index is 0.00736. The van der Waals surface area contributed by atoms with Crippen molar-refractivity contribution in [2.75, 3.05) is 19.6 Å². The second-order valence-electron chi connectivity index (χ2n) is 5.48. The quantitative estimate of drug-likeness (QED) is 0.836. The molecule has 1 aromatic rings. The zero-order chi connectivity index (χ0) is 15.8. The number of halogens is 1. The maximum Gasteiger partial charge on any atom is 0.224 e. The van der Waals surface area contributed by atoms with Crippen LogP contribution in [0.2, 0.25) is 0 Å². The highest BCUT2D eigenvalue weighted by molar-refractivity contribution is 5.78. The SMILES string of the molecule is CC(=O)N(CCNC(=O)Cc1ccccc1F)CC(C)C. The van der Waals surface area contributed by atoms with Gasteiger partial charge >= 0.3 is 0 Å². The standard InChI is InChI=1S/C16H23FN2O2/c1-12(2)11-19(13(3)20)9-8-18-16(21)10-14-6-4-5-7-15(14)17/h4-7,12H,8-11H2,1-3H3,(H,18,21). The molecule has 116 valence electrons. The van der Waals surface area contributed by atoms with E-state index >= 15 is 0 Å². The summed E-state index contributed by atoms with van der Waals surface area (Å²) in [5.74, 6) is -0.249. The zero-order valence-electron chi connectivity index (χ0n) is 12.9. The lowest BCUT2D eigenvalue weighted by Crippen LogP contribution is -2.39. The average molecular weight is 294 g/mol. The van der Waals surface area contributed by atoms with Gasteiger partial charge in [-0.05, 0) is 17.5 Å². The zero-order valence-corrected chi connectivity index (χ0v) is 12.9. The van der Waals surface area contributed by atoms with Gasteiger partial charge in [-0.2, -0.15) is 0 Å². The normalized spacial score (nSPS) is 10.5. The van der Waals surface area contributed by atoms with Crippen molar-refractivity contribution >= 4 is 11.8 Å². The summed E-state index contributed by atoms with van der Waals surface area (Å²) in [5, 5.41) is 2.72. The molecule has 0 unspecified atom stereocenters. The van der Waals surface area contributed by atoms with E-state index in [0.717, 1.165) is 0 Å². The number of nitrogens with one attached hydrogen (secondary N) is 1. The topological polar surface area (TPSA) is 49.4 Å². The van der Waals surface area contributed by atoms with Gasteiger partial charge in [-0.25, -0.2) is 4.39 Å². The van der Waals surface area contributed by atoms with Gasteiger partial charge in [-0.15, -0.1) is 0 Å². The molecule has 0 heterocycles. The van der Waals surface area contributed by atoms with E-state index in [0.29, 0.717) is 31.1 Å². The molecule has 0 aliphatic rings. The van der Waals surface area contributed by atoms with Crippen LogP contribution < -0.4 is 5.32 Å². The first-order valence-corrected chi connectivity index (χ1v) is 7.15. The van der Waals surface area contributed by atoms with Crippen molar-refractivity contribution in [2.45, 2.75) is 27.2 Å². The van der Waals surface area contributed by atoms with Gasteiger partial charge in [0.15, 0.2) is 0 Å². The molecule has 1 N–H and O–H groups in total. The molecule has 4 nitrogen and oxygen atoms in total. The number of nitrogens with zero attached hydrogens (tertiary/aromatic N) is 1. The third kappa shape index (κ3) is 6.38. The summed E-state index contributed by atoms with van der Waals surface area (Å²) in [6, 6.07) is 6.22. The molecule has 5 heteroatoms. The average Bonchev–Trinajstić information content (AvgIpc) is 2.39. The van der Waals surface area contributed by atoms with Crippen LogP contribution in [0.5, 0.6) is 0 Å². The van der Waals surface area contributed by atoms with Gasteiger partial charge < -0.3 is 10.2 Å². The number of rotatable bonds is 7. The molecule has 0 radical (unpaired) electrons. The van der Waals surface area contributed by atoms with Crippen LogP contribution in [0, 0.1) is 11.7 Å². The van der Waals surface area contributed by atoms with Crippen molar-refractivity contribution in [1.82, 2.24) is 10.2 Å². The van der Waals surface area contributed by atoms with E-state index in [2.05, 4.69) is 5.32 Å². The summed E-state index contributed by atoms with van der Waals surface area (Å²) in [6.45, 7) is 7.09. The lowest BCUT2D eigenvalue weighted by Gasteiger charge is -2.23. The largest absolute Gasteiger partial charge is 0.354 e. The molecule has 21 heavy (non-hydrogen) atoms. The van der Waals surface area contributed by atoms with Crippen molar-refractivity contribution in [2.24, 2.45) is 5.92 Å². The number of amides is 2. The second kappa shape index (κ2) is 8.39. The van der Waals surface area contributed by atoms with E-state index < -0.39 is 0 Å². The number of hydrogen-bond acceptors (Lipinski definition) is 2. The van der Waals surface area contributed by atoms with E-state index in [1.54, 1.807) is 23.1 Å². The fourth-order valence-electron chi connectivity index (χ4n) is 2.03. The van der Waals surface area contributed by atoms with Crippen LogP contribution >= 0.6 is 0 Å². The third-order valence-electron chi connectivity index (χ3n) is 3.04. The Morgan fingerprint density at radius 3 is 2.52 bits per heavy atom. The van der Waals surface area contributed by atoms with Gasteiger partial charge in [-0.3, -0.25) is 9.59 Å². The van der Waals surface area contributed by atoms with Gasteiger partial charge in [0.1, 0.15) is 5.82 Å². The van der Waals surface area contributed by atoms with Crippen LogP contribution in [0.3, 0.4) is 0 Å². The first-order chi connectivity index (χ1) is 9.90. The predicted molar refractivity (Wildman–Crippen MR) is 80.2 cm³/mol. The Labute approximate surface area is 125 Å². The van der Waals surface area contributed by atoms with Gasteiger partial charge in [0.25, 0.3) is 0 Å². The van der Waals surface area contributed by atoms with Crippen molar-refractivity contribution in [3.8, 4) is 0 Å². The molecule has 0 atom stereocenters. The van der Waals surface area contributed by atoms with Crippen molar-refractivity contribution < 1.29 is 14.0 Å². The van der Waals surface area contributed by atoms with Gasteiger partial charge in [0, 0.05) is 26.6 Å². The first kappa shape index (κ1) is 17.1. The predicted octanol–water partition coefficient (Wildman–Crippen LogP) is 1.99. The smallest absolute Gasteiger partial charge is 0.224 e. The Balaban J connectivity index is 2.39. The molecule has 0 bridgehead atoms. The summed E-state index contributed by atoms with van der Waals surface area (Å²) in [5.41, 5.74) is 0.376. The summed E-state index contributed by atoms with van der Waals surface area (Å²) in [7, 11) is 0. The molecule has 0 aliphatic heterocycles. The maximum absolute atomic E-state index is 13.4. The lowest BCUT2D eigenvalue weighted by molar-refractivity contribution is -0.130. The highest BCUT2D eigenvalue weighted by atomic mass is 19.1. The van der Waals surface area contributed by atoms with Crippen LogP contribution in [-0.2, 0) is 16.0 Å². The Morgan fingerprint density at radius 1 is 1.29 bits per heavy atom. The van der Waals surface area contributed by atoms with Crippen molar-refractivity contribution in [3.63, 3.8) is 0 Å². The lowest BCUT2D eigenvalue weighted by atomic mass is 10.1. The van der Waals surface area contributed by atoms with Crippen LogP contribution in [0.4, 0.5) is 4.39 Å². The molecule has 0 aromatic heterocycles. The second-order valence-corrected chi connectivity index (χ2v) is 5.48. The van der Waals surface area contributed by atoms with Crippen molar-refractivity contribution in [3.05, 3.63) is 35.6 Å². The van der Waals surface area contributed by atoms with E-state index in [-0.39, 0.29) is 24.1 Å². The molecule has 1 aromatic carbocycles. The van der Waals surface area contributed by atoms with Gasteiger partial charge in [0.2, 0.25) is 11.8 Å². The van der Waals surface area contributed by atoms with E-state index in [1.165, 1.54) is 13.0 Å². The summed E-state index contributed by atoms with van der Waals surface area (Å²) < 4.78 is 13.4. The summed E-state index contributed by atoms with van der Waals surface area (Å²) >= 11 is 0. The molecule has 0 saturated heterocycles. The Morgan fingerprint density at radius 2 is 1.95 bits per heavy atom. The number of benzene rings is 1. The highest BCUT2D eigenvalue weighted by Gasteiger charge is 2.11. The Hall–Kier alpha value is -1.91. The molecule has 0 spiro atoms. The molecular formula is C16H23FN2O2. The van der Waals surface area contributed by atoms with E-state index in [1.807, 2.05) is 13.8 Å². The number of carbonyl (C=O) groups is 2. The minimum atomic E-state index is -0.377. The first-order valence-electron chi connectivity index (χ1n) is 7.15. The van der Waals surface area contributed by atoms with Crippen LogP contribution in [0.25, 0.3) is 0 Å². The summed E-state index contributed by atoms with van der Waals surface area (Å²) in [6.07, 6.45) is 0.0108. The summed E-state index contributed by atoms with van der Waals surface area (Å²) in [4.78, 5) is 24.9. The molecular weight excluding hydrogens is 271 g/mol. The third-order valence-corrected chi connectivity index (χ3v) is 3.04. The van der Waals surface area contributed by atoms with E-state index in [4.69, 9.17) is 0 Å². The molecule has 0 fully saturated rings. The Bertz CT molecular complexity index is 489. The van der Waals surface area contributed by atoms with Crippen LogP contribution in [0.1, 0.15) is 26.3 Å². The highest BCUT2D eigenvalue weighted by Crippen LogP contribution is 2.06. The molecule has 0 saturated carbocycles. The minimum Gasteiger partial charge on any atom is -0.354 e. The fourth-order valence-corrected chi connectivity index (χ4v) is 2.03. The Kier molecular flexibility index (Phi) is 6.85. The fraction of sp³-hybridized carbons (Fsp3) is 0.500. The van der Waals surface area contributed by atoms with Crippen LogP contribution in [-0.4, -0.2) is 36.3 Å². The van der Waals surface area contributed by atoms with Gasteiger partial charge in [-0.1, -0.05) is 32.0 Å².